The van der Waals surface area contributed by atoms with Crippen LogP contribution in [0.4, 0.5) is 0 Å². The van der Waals surface area contributed by atoms with Gasteiger partial charge in [-0.1, -0.05) is 12.1 Å². The SMILES string of the molecule is CC(C)OCc1cccc([131I])c1. The lowest BCUT2D eigenvalue weighted by Crippen LogP contribution is -2.02. The molecule has 66 valence electrons. The Balaban J connectivity index is 2.52. The number of hydrogen-bond donors (Lipinski definition) is 0. The van der Waals surface area contributed by atoms with Gasteiger partial charge in [0.1, 0.15) is 0 Å². The third kappa shape index (κ3) is 3.54. The van der Waals surface area contributed by atoms with Gasteiger partial charge in [0.2, 0.25) is 0 Å². The molecule has 0 N–H and O–H groups in total. The molecule has 0 heterocycles. The first kappa shape index (κ1) is 9.99. The number of hydrogen-bond acceptors (Lipinski definition) is 1. The summed E-state index contributed by atoms with van der Waals surface area (Å²) in [4.78, 5) is 0. The summed E-state index contributed by atoms with van der Waals surface area (Å²) in [6.45, 7) is 4.82. The summed E-state index contributed by atoms with van der Waals surface area (Å²) < 4.78 is 6.74. The molecule has 0 bridgehead atoms. The number of ether oxygens (including phenoxy) is 1. The van der Waals surface area contributed by atoms with Crippen molar-refractivity contribution in [2.24, 2.45) is 0 Å². The van der Waals surface area contributed by atoms with Crippen molar-refractivity contribution in [2.75, 3.05) is 0 Å². The topological polar surface area (TPSA) is 9.23 Å². The molecule has 0 saturated carbocycles. The van der Waals surface area contributed by atoms with Crippen LogP contribution in [0.1, 0.15) is 19.4 Å². The molecule has 0 atom stereocenters. The largest absolute Gasteiger partial charge is 0.374 e. The maximum atomic E-state index is 5.48. The second-order valence-corrected chi connectivity index (χ2v) is 4.24. The lowest BCUT2D eigenvalue weighted by atomic mass is 10.2. The summed E-state index contributed by atoms with van der Waals surface area (Å²) >= 11 is 2.31. The molecule has 1 rings (SSSR count). The number of benzene rings is 1. The van der Waals surface area contributed by atoms with E-state index < -0.39 is 0 Å². The van der Waals surface area contributed by atoms with E-state index in [1.165, 1.54) is 9.13 Å². The van der Waals surface area contributed by atoms with E-state index in [1.807, 2.05) is 13.8 Å². The standard InChI is InChI=1S/C10H13IO/c1-8(2)12-7-9-4-3-5-10(11)6-9/h3-6,8H,7H2,1-2H3/i11+4. The third-order valence-electron chi connectivity index (χ3n) is 1.47. The fourth-order valence-corrected chi connectivity index (χ4v) is 1.50. The summed E-state index contributed by atoms with van der Waals surface area (Å²) in [5, 5.41) is 0. The van der Waals surface area contributed by atoms with Crippen LogP contribution in [0.5, 0.6) is 0 Å². The maximum absolute atomic E-state index is 5.48. The summed E-state index contributed by atoms with van der Waals surface area (Å²) in [6, 6.07) is 8.37. The van der Waals surface area contributed by atoms with Gasteiger partial charge < -0.3 is 4.74 Å². The molecule has 1 aromatic carbocycles. The highest BCUT2D eigenvalue weighted by atomic mass is 131. The van der Waals surface area contributed by atoms with Crippen LogP contribution in [-0.2, 0) is 11.3 Å². The van der Waals surface area contributed by atoms with Gasteiger partial charge in [0.05, 0.1) is 12.7 Å². The zero-order chi connectivity index (χ0) is 8.97. The molecule has 0 spiro atoms. The molecule has 2 heteroatoms. The van der Waals surface area contributed by atoms with Crippen molar-refractivity contribution in [1.82, 2.24) is 0 Å². The maximum Gasteiger partial charge on any atom is 0.0720 e. The highest BCUT2D eigenvalue weighted by Crippen LogP contribution is 2.09. The summed E-state index contributed by atoms with van der Waals surface area (Å²) in [5.41, 5.74) is 1.25. The van der Waals surface area contributed by atoms with E-state index in [2.05, 4.69) is 46.9 Å². The summed E-state index contributed by atoms with van der Waals surface area (Å²) in [6.07, 6.45) is 0.308. The van der Waals surface area contributed by atoms with E-state index in [9.17, 15) is 0 Å². The lowest BCUT2D eigenvalue weighted by molar-refractivity contribution is 0.0657. The smallest absolute Gasteiger partial charge is 0.0720 e. The van der Waals surface area contributed by atoms with Gasteiger partial charge >= 0.3 is 0 Å². The Labute approximate surface area is 87.3 Å². The molecule has 0 aliphatic rings. The van der Waals surface area contributed by atoms with Crippen molar-refractivity contribution in [2.45, 2.75) is 26.6 Å². The second-order valence-electron chi connectivity index (χ2n) is 2.99. The minimum Gasteiger partial charge on any atom is -0.374 e. The van der Waals surface area contributed by atoms with Crippen molar-refractivity contribution in [3.05, 3.63) is 33.4 Å². The van der Waals surface area contributed by atoms with Gasteiger partial charge in [0.25, 0.3) is 0 Å². The van der Waals surface area contributed by atoms with Gasteiger partial charge in [-0.05, 0) is 54.1 Å². The molecular weight excluding hydrogens is 267 g/mol. The first-order chi connectivity index (χ1) is 5.68. The molecule has 0 aliphatic carbocycles. The Bertz CT molecular complexity index is 245. The van der Waals surface area contributed by atoms with E-state index in [4.69, 9.17) is 4.74 Å². The zero-order valence-electron chi connectivity index (χ0n) is 7.38. The minimum absolute atomic E-state index is 0.308. The molecule has 0 radical (unpaired) electrons. The van der Waals surface area contributed by atoms with Crippen molar-refractivity contribution in [3.8, 4) is 0 Å². The van der Waals surface area contributed by atoms with Crippen molar-refractivity contribution < 1.29 is 4.74 Å². The average Bonchev–Trinajstić information content (AvgIpc) is 2.01. The van der Waals surface area contributed by atoms with E-state index in [1.54, 1.807) is 0 Å². The predicted octanol–water partition coefficient (Wildman–Crippen LogP) is 3.22. The van der Waals surface area contributed by atoms with Crippen LogP contribution in [0, 0.1) is 3.57 Å². The third-order valence-corrected chi connectivity index (χ3v) is 2.14. The van der Waals surface area contributed by atoms with E-state index >= 15 is 0 Å². The molecule has 0 aliphatic heterocycles. The van der Waals surface area contributed by atoms with Gasteiger partial charge in [-0.25, -0.2) is 0 Å². The molecule has 1 nitrogen and oxygen atoms in total. The van der Waals surface area contributed by atoms with Crippen molar-refractivity contribution in [3.63, 3.8) is 0 Å². The molecular formula is C10H13IO. The van der Waals surface area contributed by atoms with Crippen molar-refractivity contribution >= 4 is 22.6 Å². The van der Waals surface area contributed by atoms with Gasteiger partial charge in [-0.15, -0.1) is 0 Å². The molecule has 0 aromatic heterocycles. The van der Waals surface area contributed by atoms with Gasteiger partial charge in [-0.3, -0.25) is 0 Å². The molecule has 0 fully saturated rings. The van der Waals surface area contributed by atoms with Crippen LogP contribution < -0.4 is 0 Å². The summed E-state index contributed by atoms with van der Waals surface area (Å²) in [5.74, 6) is 0. The van der Waals surface area contributed by atoms with Crippen LogP contribution in [-0.4, -0.2) is 6.10 Å². The molecule has 0 unspecified atom stereocenters. The monoisotopic (exact) mass is 280 g/mol. The van der Waals surface area contributed by atoms with Crippen LogP contribution >= 0.6 is 22.6 Å². The number of rotatable bonds is 3. The summed E-state index contributed by atoms with van der Waals surface area (Å²) in [7, 11) is 0. The van der Waals surface area contributed by atoms with Gasteiger partial charge in [0.15, 0.2) is 0 Å². The fraction of sp³-hybridized carbons (Fsp3) is 0.400. The minimum atomic E-state index is 0.308. The molecule has 1 aromatic rings. The Kier molecular flexibility index (Phi) is 4.01. The van der Waals surface area contributed by atoms with Crippen LogP contribution in [0.2, 0.25) is 0 Å². The van der Waals surface area contributed by atoms with E-state index in [0.717, 1.165) is 0 Å². The highest BCUT2D eigenvalue weighted by molar-refractivity contribution is 14.1. The first-order valence-corrected chi connectivity index (χ1v) is 5.12. The van der Waals surface area contributed by atoms with E-state index in [0.29, 0.717) is 12.7 Å². The Morgan fingerprint density at radius 1 is 1.42 bits per heavy atom. The fourth-order valence-electron chi connectivity index (χ4n) is 0.890. The van der Waals surface area contributed by atoms with E-state index in [-0.39, 0.29) is 0 Å². The van der Waals surface area contributed by atoms with Crippen LogP contribution in [0.3, 0.4) is 0 Å². The van der Waals surface area contributed by atoms with Gasteiger partial charge in [-0.2, -0.15) is 0 Å². The Morgan fingerprint density at radius 3 is 2.75 bits per heavy atom. The predicted molar refractivity (Wildman–Crippen MR) is 59.1 cm³/mol. The Morgan fingerprint density at radius 2 is 2.17 bits per heavy atom. The second kappa shape index (κ2) is 4.82. The van der Waals surface area contributed by atoms with Crippen molar-refractivity contribution in [1.29, 1.82) is 0 Å². The highest BCUT2D eigenvalue weighted by Gasteiger charge is 1.95. The Hall–Kier alpha value is -0.0900. The van der Waals surface area contributed by atoms with Gasteiger partial charge in [0, 0.05) is 3.57 Å². The zero-order valence-corrected chi connectivity index (χ0v) is 9.54. The van der Waals surface area contributed by atoms with Crippen LogP contribution in [0.25, 0.3) is 0 Å². The number of halogens is 1. The van der Waals surface area contributed by atoms with Crippen LogP contribution in [0.15, 0.2) is 24.3 Å². The average molecular weight is 280 g/mol. The first-order valence-electron chi connectivity index (χ1n) is 4.04. The quantitative estimate of drug-likeness (QED) is 0.772. The molecule has 12 heavy (non-hydrogen) atoms. The molecule has 0 amide bonds. The molecule has 0 saturated heterocycles. The lowest BCUT2D eigenvalue weighted by Gasteiger charge is -2.07. The normalized spacial score (nSPS) is 10.7.